The number of sulfonamides is 1. The highest BCUT2D eigenvalue weighted by atomic mass is 32.2. The maximum Gasteiger partial charge on any atom is 0.261 e. The normalized spacial score (nSPS) is 11.4. The van der Waals surface area contributed by atoms with Crippen LogP contribution in [0, 0.1) is 6.92 Å². The maximum absolute atomic E-state index is 12.7. The molecule has 0 saturated carbocycles. The van der Waals surface area contributed by atoms with Crippen molar-refractivity contribution in [1.82, 2.24) is 0 Å². The minimum Gasteiger partial charge on any atom is -0.871 e. The summed E-state index contributed by atoms with van der Waals surface area (Å²) in [5.74, 6) is -2.07. The van der Waals surface area contributed by atoms with Crippen molar-refractivity contribution in [3.63, 3.8) is 0 Å². The summed E-state index contributed by atoms with van der Waals surface area (Å²) in [7, 11) is -3.87. The third-order valence-corrected chi connectivity index (χ3v) is 6.26. The minimum atomic E-state index is -3.87. The van der Waals surface area contributed by atoms with Gasteiger partial charge in [-0.25, -0.2) is 8.42 Å². The van der Waals surface area contributed by atoms with Crippen LogP contribution >= 0.6 is 11.8 Å². The number of rotatable bonds is 6. The zero-order valence-electron chi connectivity index (χ0n) is 14.3. The molecule has 3 rings (SSSR count). The number of hydrogen-bond donors (Lipinski definition) is 1. The Hall–Kier alpha value is -2.71. The van der Waals surface area contributed by atoms with E-state index in [-0.39, 0.29) is 21.2 Å². The molecule has 0 aromatic heterocycles. The summed E-state index contributed by atoms with van der Waals surface area (Å²) in [5.41, 5.74) is 1.14. The molecule has 27 heavy (non-hydrogen) atoms. The molecule has 8 heteroatoms. The average Bonchev–Trinajstić information content (AvgIpc) is 2.63. The number of anilines is 1. The first kappa shape index (κ1) is 19.1. The number of fused-ring (bicyclic) bond motifs is 1. The Morgan fingerprint density at radius 3 is 2.33 bits per heavy atom. The smallest absolute Gasteiger partial charge is 0.261 e. The number of aliphatic carboxylic acids is 1. The van der Waals surface area contributed by atoms with Gasteiger partial charge in [0.05, 0.1) is 16.6 Å². The van der Waals surface area contributed by atoms with Crippen molar-refractivity contribution >= 4 is 44.2 Å². The first-order valence-corrected chi connectivity index (χ1v) is 10.4. The van der Waals surface area contributed by atoms with Crippen molar-refractivity contribution in [2.24, 2.45) is 0 Å². The van der Waals surface area contributed by atoms with Crippen molar-refractivity contribution < 1.29 is 23.4 Å². The Kier molecular flexibility index (Phi) is 5.29. The van der Waals surface area contributed by atoms with Gasteiger partial charge in [-0.1, -0.05) is 47.7 Å². The number of carboxylic acid groups (broad SMARTS) is 1. The second-order valence-electron chi connectivity index (χ2n) is 5.88. The van der Waals surface area contributed by atoms with E-state index in [1.807, 2.05) is 6.92 Å². The van der Waals surface area contributed by atoms with Crippen LogP contribution < -0.4 is 14.9 Å². The summed E-state index contributed by atoms with van der Waals surface area (Å²) in [4.78, 5) is 11.0. The van der Waals surface area contributed by atoms with Crippen molar-refractivity contribution in [2.75, 3.05) is 10.5 Å². The summed E-state index contributed by atoms with van der Waals surface area (Å²) >= 11 is 0.799. The molecule has 0 aliphatic carbocycles. The zero-order chi connectivity index (χ0) is 19.6. The summed E-state index contributed by atoms with van der Waals surface area (Å²) in [6.07, 6.45) is 0. The Morgan fingerprint density at radius 2 is 1.70 bits per heavy atom. The molecule has 0 fully saturated rings. The van der Waals surface area contributed by atoms with Crippen molar-refractivity contribution in [3.05, 3.63) is 60.2 Å². The summed E-state index contributed by atoms with van der Waals surface area (Å²) < 4.78 is 27.9. The molecule has 3 aromatic rings. The predicted molar refractivity (Wildman–Crippen MR) is 101 cm³/mol. The van der Waals surface area contributed by atoms with Crippen LogP contribution in [-0.4, -0.2) is 20.1 Å². The number of carbonyl (C=O) groups excluding carboxylic acids is 1. The zero-order valence-corrected chi connectivity index (χ0v) is 15.9. The molecule has 0 radical (unpaired) electrons. The third-order valence-electron chi connectivity index (χ3n) is 3.88. The van der Waals surface area contributed by atoms with E-state index in [4.69, 9.17) is 0 Å². The monoisotopic (exact) mass is 401 g/mol. The first-order chi connectivity index (χ1) is 12.8. The van der Waals surface area contributed by atoms with Crippen molar-refractivity contribution in [3.8, 4) is 5.75 Å². The average molecular weight is 401 g/mol. The van der Waals surface area contributed by atoms with E-state index in [9.17, 15) is 23.4 Å². The molecule has 0 heterocycles. The number of thioether (sulfide) groups is 1. The highest BCUT2D eigenvalue weighted by Crippen LogP contribution is 2.38. The Bertz CT molecular complexity index is 1110. The van der Waals surface area contributed by atoms with Gasteiger partial charge in [-0.3, -0.25) is 4.72 Å². The van der Waals surface area contributed by atoms with Crippen molar-refractivity contribution in [1.29, 1.82) is 0 Å². The van der Waals surface area contributed by atoms with Gasteiger partial charge in [-0.2, -0.15) is 0 Å². The van der Waals surface area contributed by atoms with E-state index in [1.54, 1.807) is 36.4 Å². The molecule has 0 saturated heterocycles. The number of hydrogen-bond acceptors (Lipinski definition) is 6. The van der Waals surface area contributed by atoms with Gasteiger partial charge < -0.3 is 15.0 Å². The molecule has 0 bridgehead atoms. The van der Waals surface area contributed by atoms with E-state index >= 15 is 0 Å². The van der Waals surface area contributed by atoms with E-state index in [0.717, 1.165) is 17.3 Å². The van der Waals surface area contributed by atoms with Crippen LogP contribution in [0.25, 0.3) is 10.8 Å². The molecule has 0 spiro atoms. The molecule has 6 nitrogen and oxygen atoms in total. The predicted octanol–water partition coefficient (Wildman–Crippen LogP) is 1.86. The van der Waals surface area contributed by atoms with Crippen LogP contribution in [0.2, 0.25) is 0 Å². The van der Waals surface area contributed by atoms with Gasteiger partial charge in [-0.05, 0) is 30.5 Å². The first-order valence-electron chi connectivity index (χ1n) is 7.93. The van der Waals surface area contributed by atoms with Gasteiger partial charge in [0.1, 0.15) is 0 Å². The molecule has 1 N–H and O–H groups in total. The quantitative estimate of drug-likeness (QED) is 0.632. The van der Waals surface area contributed by atoms with E-state index < -0.39 is 21.7 Å². The number of benzene rings is 3. The van der Waals surface area contributed by atoms with Crippen LogP contribution in [-0.2, 0) is 14.8 Å². The van der Waals surface area contributed by atoms with Crippen LogP contribution in [0.4, 0.5) is 5.69 Å². The minimum absolute atomic E-state index is 0.0901. The fraction of sp³-hybridized carbons (Fsp3) is 0.105. The molecule has 3 aromatic carbocycles. The van der Waals surface area contributed by atoms with Gasteiger partial charge in [0.2, 0.25) is 0 Å². The lowest BCUT2D eigenvalue weighted by molar-refractivity contribution is -0.301. The molecule has 0 amide bonds. The van der Waals surface area contributed by atoms with Gasteiger partial charge in [0, 0.05) is 16.0 Å². The van der Waals surface area contributed by atoms with E-state index in [1.165, 1.54) is 18.2 Å². The molecule has 0 aliphatic heterocycles. The third kappa shape index (κ3) is 4.17. The SMILES string of the molecule is Cc1ccc(S(=O)(=O)Nc2cc(SCC(=O)[O-])c([O-])c3ccccc23)cc1. The maximum atomic E-state index is 12.7. The topological polar surface area (TPSA) is 109 Å². The van der Waals surface area contributed by atoms with Gasteiger partial charge >= 0.3 is 0 Å². The van der Waals surface area contributed by atoms with Crippen LogP contribution in [0.3, 0.4) is 0 Å². The molecule has 0 atom stereocenters. The van der Waals surface area contributed by atoms with Crippen molar-refractivity contribution in [2.45, 2.75) is 16.7 Å². The lowest BCUT2D eigenvalue weighted by Gasteiger charge is -2.20. The fourth-order valence-corrected chi connectivity index (χ4v) is 4.36. The number of nitrogens with one attached hydrogen (secondary N) is 1. The van der Waals surface area contributed by atoms with Crippen LogP contribution in [0.5, 0.6) is 5.75 Å². The number of carbonyl (C=O) groups is 1. The summed E-state index contributed by atoms with van der Waals surface area (Å²) in [6.45, 7) is 1.85. The van der Waals surface area contributed by atoms with Gasteiger partial charge in [0.25, 0.3) is 10.0 Å². The standard InChI is InChI=1S/C19H17NO5S2/c1-12-6-8-13(9-7-12)27(24,25)20-16-10-17(26-11-18(21)22)19(23)15-5-3-2-4-14(15)16/h2-10,20,23H,11H2,1H3,(H,21,22)/p-2. The van der Waals surface area contributed by atoms with Gasteiger partial charge in [0.15, 0.2) is 0 Å². The Labute approximate surface area is 160 Å². The Morgan fingerprint density at radius 1 is 1.07 bits per heavy atom. The van der Waals surface area contributed by atoms with Gasteiger partial charge in [-0.15, -0.1) is 11.8 Å². The fourth-order valence-electron chi connectivity index (χ4n) is 2.57. The second-order valence-corrected chi connectivity index (χ2v) is 8.58. The lowest BCUT2D eigenvalue weighted by Crippen LogP contribution is -2.24. The second kappa shape index (κ2) is 7.50. The highest BCUT2D eigenvalue weighted by Gasteiger charge is 2.16. The summed E-state index contributed by atoms with van der Waals surface area (Å²) in [5, 5.41) is 24.0. The van der Waals surface area contributed by atoms with Crippen LogP contribution in [0.1, 0.15) is 5.56 Å². The van der Waals surface area contributed by atoms with Crippen LogP contribution in [0.15, 0.2) is 64.4 Å². The number of carboxylic acids is 1. The highest BCUT2D eigenvalue weighted by molar-refractivity contribution is 8.00. The molecular weight excluding hydrogens is 386 g/mol. The summed E-state index contributed by atoms with van der Waals surface area (Å²) in [6, 6.07) is 14.3. The molecular formula is C19H15NO5S2-2. The number of aryl methyl sites for hydroxylation is 1. The van der Waals surface area contributed by atoms with E-state index in [2.05, 4.69) is 4.72 Å². The lowest BCUT2D eigenvalue weighted by atomic mass is 10.1. The van der Waals surface area contributed by atoms with E-state index in [0.29, 0.717) is 10.8 Å². The molecule has 140 valence electrons. The molecule has 0 aliphatic rings. The Balaban J connectivity index is 2.08. The molecule has 0 unspecified atom stereocenters. The largest absolute Gasteiger partial charge is 0.871 e.